The summed E-state index contributed by atoms with van der Waals surface area (Å²) in [6.07, 6.45) is 2.78. The predicted molar refractivity (Wildman–Crippen MR) is 73.5 cm³/mol. The highest BCUT2D eigenvalue weighted by Crippen LogP contribution is 2.29. The normalized spacial score (nSPS) is 10.7. The predicted octanol–water partition coefficient (Wildman–Crippen LogP) is 2.99. The summed E-state index contributed by atoms with van der Waals surface area (Å²) < 4.78 is 1.89. The van der Waals surface area contributed by atoms with Gasteiger partial charge >= 0.3 is 0 Å². The fourth-order valence-electron chi connectivity index (χ4n) is 1.54. The Kier molecular flexibility index (Phi) is 3.97. The lowest BCUT2D eigenvalue weighted by Crippen LogP contribution is -1.99. The first-order valence-corrected chi connectivity index (χ1v) is 6.68. The third kappa shape index (κ3) is 3.17. The number of hydrogen-bond donors (Lipinski definition) is 1. The summed E-state index contributed by atoms with van der Waals surface area (Å²) in [6, 6.07) is 7.59. The fraction of sp³-hybridized carbons (Fsp3) is 0.250. The monoisotopic (exact) mass is 267 g/mol. The molecule has 0 aliphatic carbocycles. The van der Waals surface area contributed by atoms with Gasteiger partial charge in [-0.1, -0.05) is 11.6 Å². The highest BCUT2D eigenvalue weighted by atomic mass is 35.5. The average molecular weight is 268 g/mol. The molecule has 1 heterocycles. The van der Waals surface area contributed by atoms with Crippen molar-refractivity contribution in [1.29, 1.82) is 0 Å². The maximum Gasteiger partial charge on any atom is 0.0543 e. The Morgan fingerprint density at radius 3 is 2.94 bits per heavy atom. The minimum atomic E-state index is 0.748. The number of nitrogens with zero attached hydrogens (tertiary/aromatic N) is 2. The summed E-state index contributed by atoms with van der Waals surface area (Å²) in [4.78, 5) is 1.04. The molecular weight excluding hydrogens is 254 g/mol. The number of thioether (sulfide) groups is 1. The van der Waals surface area contributed by atoms with Crippen molar-refractivity contribution in [2.75, 3.05) is 11.5 Å². The van der Waals surface area contributed by atoms with Crippen molar-refractivity contribution in [2.45, 2.75) is 11.3 Å². The molecule has 1 aromatic heterocycles. The first-order chi connectivity index (χ1) is 8.16. The molecule has 2 rings (SSSR count). The second kappa shape index (κ2) is 5.47. The highest BCUT2D eigenvalue weighted by Gasteiger charge is 2.03. The van der Waals surface area contributed by atoms with Gasteiger partial charge < -0.3 is 5.73 Å². The molecule has 5 heteroatoms. The van der Waals surface area contributed by atoms with E-state index in [1.165, 1.54) is 5.69 Å². The first kappa shape index (κ1) is 12.3. The lowest BCUT2D eigenvalue weighted by Gasteiger charge is -2.05. The van der Waals surface area contributed by atoms with Crippen LogP contribution in [0.1, 0.15) is 5.69 Å². The van der Waals surface area contributed by atoms with Crippen LogP contribution in [-0.2, 0) is 13.5 Å². The summed E-state index contributed by atoms with van der Waals surface area (Å²) in [7, 11) is 1.95. The number of aromatic nitrogens is 2. The smallest absolute Gasteiger partial charge is 0.0543 e. The van der Waals surface area contributed by atoms with Gasteiger partial charge in [0.25, 0.3) is 0 Å². The third-order valence-electron chi connectivity index (χ3n) is 2.49. The zero-order valence-corrected chi connectivity index (χ0v) is 11.1. The van der Waals surface area contributed by atoms with Crippen LogP contribution < -0.4 is 5.73 Å². The first-order valence-electron chi connectivity index (χ1n) is 5.31. The molecule has 0 saturated carbocycles. The zero-order valence-electron chi connectivity index (χ0n) is 9.56. The van der Waals surface area contributed by atoms with Gasteiger partial charge in [-0.3, -0.25) is 4.68 Å². The van der Waals surface area contributed by atoms with Gasteiger partial charge in [-0.2, -0.15) is 5.10 Å². The molecule has 0 atom stereocenters. The minimum Gasteiger partial charge on any atom is -0.399 e. The van der Waals surface area contributed by atoms with Gasteiger partial charge in [0.05, 0.1) is 5.02 Å². The van der Waals surface area contributed by atoms with Gasteiger partial charge in [-0.25, -0.2) is 0 Å². The van der Waals surface area contributed by atoms with Crippen molar-refractivity contribution >= 4 is 29.1 Å². The van der Waals surface area contributed by atoms with Crippen LogP contribution in [0.2, 0.25) is 5.02 Å². The van der Waals surface area contributed by atoms with E-state index < -0.39 is 0 Å². The van der Waals surface area contributed by atoms with E-state index in [2.05, 4.69) is 5.10 Å². The van der Waals surface area contributed by atoms with Crippen LogP contribution in [0.4, 0.5) is 5.69 Å². The molecule has 0 amide bonds. The molecule has 0 saturated heterocycles. The summed E-state index contributed by atoms with van der Waals surface area (Å²) in [5.41, 5.74) is 7.70. The molecule has 0 radical (unpaired) electrons. The minimum absolute atomic E-state index is 0.748. The standard InChI is InChI=1S/C12H14ClN3S/c1-16-10(4-6-15-16)5-7-17-12-8-9(14)2-3-11(12)13/h2-4,6,8H,5,7,14H2,1H3. The van der Waals surface area contributed by atoms with Gasteiger partial charge in [0.1, 0.15) is 0 Å². The van der Waals surface area contributed by atoms with E-state index >= 15 is 0 Å². The Morgan fingerprint density at radius 1 is 1.41 bits per heavy atom. The highest BCUT2D eigenvalue weighted by molar-refractivity contribution is 7.99. The van der Waals surface area contributed by atoms with E-state index in [1.807, 2.05) is 42.2 Å². The second-order valence-electron chi connectivity index (χ2n) is 3.73. The van der Waals surface area contributed by atoms with E-state index in [9.17, 15) is 0 Å². The lowest BCUT2D eigenvalue weighted by atomic mass is 10.3. The zero-order chi connectivity index (χ0) is 12.3. The molecule has 0 aliphatic rings. The molecular formula is C12H14ClN3S. The van der Waals surface area contributed by atoms with Gasteiger partial charge in [0, 0.05) is 35.3 Å². The van der Waals surface area contributed by atoms with Gasteiger partial charge in [-0.15, -0.1) is 11.8 Å². The van der Waals surface area contributed by atoms with Crippen molar-refractivity contribution < 1.29 is 0 Å². The maximum atomic E-state index is 6.09. The van der Waals surface area contributed by atoms with Crippen molar-refractivity contribution in [3.05, 3.63) is 41.2 Å². The molecule has 1 aromatic carbocycles. The van der Waals surface area contributed by atoms with Gasteiger partial charge in [0.2, 0.25) is 0 Å². The Balaban J connectivity index is 1.94. The lowest BCUT2D eigenvalue weighted by molar-refractivity contribution is 0.720. The SMILES string of the molecule is Cn1nccc1CCSc1cc(N)ccc1Cl. The Bertz CT molecular complexity index is 510. The van der Waals surface area contributed by atoms with E-state index in [1.54, 1.807) is 11.8 Å². The Morgan fingerprint density at radius 2 is 2.24 bits per heavy atom. The van der Waals surface area contributed by atoms with E-state index in [0.29, 0.717) is 0 Å². The van der Waals surface area contributed by atoms with E-state index in [0.717, 1.165) is 27.8 Å². The number of hydrogen-bond acceptors (Lipinski definition) is 3. The molecule has 2 N–H and O–H groups in total. The van der Waals surface area contributed by atoms with Crippen molar-refractivity contribution in [3.63, 3.8) is 0 Å². The second-order valence-corrected chi connectivity index (χ2v) is 5.28. The number of rotatable bonds is 4. The van der Waals surface area contributed by atoms with E-state index in [4.69, 9.17) is 17.3 Å². The Labute approximate surface area is 110 Å². The quantitative estimate of drug-likeness (QED) is 0.684. The summed E-state index contributed by atoms with van der Waals surface area (Å²) >= 11 is 7.81. The van der Waals surface area contributed by atoms with Crippen LogP contribution in [0.3, 0.4) is 0 Å². The average Bonchev–Trinajstić information content (AvgIpc) is 2.70. The maximum absolute atomic E-state index is 6.09. The topological polar surface area (TPSA) is 43.8 Å². The van der Waals surface area contributed by atoms with Crippen molar-refractivity contribution in [1.82, 2.24) is 9.78 Å². The third-order valence-corrected chi connectivity index (χ3v) is 3.99. The van der Waals surface area contributed by atoms with Crippen LogP contribution in [-0.4, -0.2) is 15.5 Å². The molecule has 90 valence electrons. The summed E-state index contributed by atoms with van der Waals surface area (Å²) in [5, 5.41) is 4.89. The van der Waals surface area contributed by atoms with Crippen LogP contribution in [0, 0.1) is 0 Å². The van der Waals surface area contributed by atoms with Crippen LogP contribution in [0.15, 0.2) is 35.4 Å². The van der Waals surface area contributed by atoms with Crippen LogP contribution in [0.5, 0.6) is 0 Å². The largest absolute Gasteiger partial charge is 0.399 e. The van der Waals surface area contributed by atoms with Gasteiger partial charge in [-0.05, 0) is 30.7 Å². The summed E-state index contributed by atoms with van der Waals surface area (Å²) in [6.45, 7) is 0. The molecule has 3 nitrogen and oxygen atoms in total. The van der Waals surface area contributed by atoms with Crippen molar-refractivity contribution in [3.8, 4) is 0 Å². The summed E-state index contributed by atoms with van der Waals surface area (Å²) in [5.74, 6) is 0.961. The Hall–Kier alpha value is -1.13. The fourth-order valence-corrected chi connectivity index (χ4v) is 2.78. The number of nitrogens with two attached hydrogens (primary N) is 1. The number of anilines is 1. The molecule has 0 bridgehead atoms. The number of aryl methyl sites for hydroxylation is 2. The molecule has 0 unspecified atom stereocenters. The molecule has 0 spiro atoms. The molecule has 0 fully saturated rings. The number of nitrogen functional groups attached to an aromatic ring is 1. The van der Waals surface area contributed by atoms with Crippen LogP contribution >= 0.6 is 23.4 Å². The molecule has 2 aromatic rings. The van der Waals surface area contributed by atoms with Gasteiger partial charge in [0.15, 0.2) is 0 Å². The number of halogens is 1. The number of benzene rings is 1. The molecule has 17 heavy (non-hydrogen) atoms. The van der Waals surface area contributed by atoms with Crippen LogP contribution in [0.25, 0.3) is 0 Å². The molecule has 0 aliphatic heterocycles. The van der Waals surface area contributed by atoms with E-state index in [-0.39, 0.29) is 0 Å². The van der Waals surface area contributed by atoms with Crippen molar-refractivity contribution in [2.24, 2.45) is 7.05 Å².